The fourth-order valence-electron chi connectivity index (χ4n) is 4.25. The van der Waals surface area contributed by atoms with Crippen LogP contribution in [0.2, 0.25) is 0 Å². The number of hydrogen-bond acceptors (Lipinski definition) is 6. The van der Waals surface area contributed by atoms with E-state index in [0.717, 1.165) is 25.7 Å². The summed E-state index contributed by atoms with van der Waals surface area (Å²) < 4.78 is 5.46. The second-order valence-corrected chi connectivity index (χ2v) is 12.5. The molecule has 3 N–H and O–H groups in total. The molecule has 1 rings (SSSR count). The predicted octanol–water partition coefficient (Wildman–Crippen LogP) is 6.04. The molecule has 39 heavy (non-hydrogen) atoms. The number of nitrogens with zero attached hydrogens (tertiary/aromatic N) is 1. The van der Waals surface area contributed by atoms with Crippen LogP contribution >= 0.6 is 11.8 Å². The van der Waals surface area contributed by atoms with Crippen LogP contribution in [-0.4, -0.2) is 64.2 Å². The second-order valence-electron chi connectivity index (χ2n) is 11.5. The zero-order valence-corrected chi connectivity index (χ0v) is 26.0. The van der Waals surface area contributed by atoms with Gasteiger partial charge in [0.05, 0.1) is 0 Å². The molecule has 0 aliphatic rings. The number of rotatable bonds is 16. The first-order valence-electron chi connectivity index (χ1n) is 14.2. The Balaban J connectivity index is 3.55. The van der Waals surface area contributed by atoms with E-state index >= 15 is 0 Å². The maximum Gasteiger partial charge on any atom is 0.408 e. The number of alkyl carbamates (subject to hydrolysis) is 1. The Morgan fingerprint density at radius 3 is 2.28 bits per heavy atom. The Morgan fingerprint density at radius 2 is 1.72 bits per heavy atom. The average Bonchev–Trinajstić information content (AvgIpc) is 2.85. The van der Waals surface area contributed by atoms with Gasteiger partial charge in [0.2, 0.25) is 11.8 Å². The molecule has 0 aromatic heterocycles. The van der Waals surface area contributed by atoms with Gasteiger partial charge in [-0.1, -0.05) is 51.8 Å². The van der Waals surface area contributed by atoms with E-state index in [1.54, 1.807) is 55.6 Å². The topological polar surface area (TPSA) is 108 Å². The van der Waals surface area contributed by atoms with Crippen molar-refractivity contribution in [1.82, 2.24) is 15.5 Å². The van der Waals surface area contributed by atoms with Gasteiger partial charge in [-0.25, -0.2) is 4.79 Å². The third-order valence-electron chi connectivity index (χ3n) is 6.33. The number of thioether (sulfide) groups is 1. The molecule has 3 unspecified atom stereocenters. The number of ether oxygens (including phenoxy) is 1. The van der Waals surface area contributed by atoms with Crippen LogP contribution in [0.3, 0.4) is 0 Å². The van der Waals surface area contributed by atoms with Gasteiger partial charge < -0.3 is 25.4 Å². The molecular formula is C30H51N3O5S. The molecule has 0 saturated heterocycles. The van der Waals surface area contributed by atoms with Crippen LogP contribution in [-0.2, 0) is 14.3 Å². The van der Waals surface area contributed by atoms with Crippen LogP contribution in [0.25, 0.3) is 0 Å². The molecule has 0 saturated carbocycles. The highest BCUT2D eigenvalue weighted by Gasteiger charge is 2.39. The summed E-state index contributed by atoms with van der Waals surface area (Å²) in [5, 5.41) is 16.6. The number of nitrogens with one attached hydrogen (secondary N) is 2. The lowest BCUT2D eigenvalue weighted by atomic mass is 9.96. The van der Waals surface area contributed by atoms with Crippen molar-refractivity contribution in [2.24, 2.45) is 5.92 Å². The van der Waals surface area contributed by atoms with Gasteiger partial charge in [-0.2, -0.15) is 11.8 Å². The molecule has 9 heteroatoms. The van der Waals surface area contributed by atoms with Crippen molar-refractivity contribution in [3.63, 3.8) is 0 Å². The molecule has 0 aliphatic carbocycles. The molecule has 0 radical (unpaired) electrons. The summed E-state index contributed by atoms with van der Waals surface area (Å²) in [7, 11) is 0. The smallest absolute Gasteiger partial charge is 0.408 e. The Kier molecular flexibility index (Phi) is 15.4. The Hall–Kier alpha value is -2.42. The molecule has 3 atom stereocenters. The Morgan fingerprint density at radius 1 is 1.05 bits per heavy atom. The summed E-state index contributed by atoms with van der Waals surface area (Å²) in [5.41, 5.74) is -0.367. The van der Waals surface area contributed by atoms with Gasteiger partial charge >= 0.3 is 6.09 Å². The summed E-state index contributed by atoms with van der Waals surface area (Å²) in [6, 6.07) is 4.36. The molecule has 1 aromatic carbocycles. The van der Waals surface area contributed by atoms with Crippen LogP contribution in [0, 0.1) is 5.92 Å². The number of benzene rings is 1. The van der Waals surface area contributed by atoms with E-state index < -0.39 is 23.8 Å². The van der Waals surface area contributed by atoms with Gasteiger partial charge in [0, 0.05) is 18.2 Å². The highest BCUT2D eigenvalue weighted by molar-refractivity contribution is 7.98. The van der Waals surface area contributed by atoms with Crippen molar-refractivity contribution < 1.29 is 24.2 Å². The van der Waals surface area contributed by atoms with E-state index in [2.05, 4.69) is 31.4 Å². The summed E-state index contributed by atoms with van der Waals surface area (Å²) in [6.45, 7) is 14.0. The molecule has 0 fully saturated rings. The van der Waals surface area contributed by atoms with Crippen molar-refractivity contribution >= 4 is 29.7 Å². The number of aromatic hydroxyl groups is 1. The van der Waals surface area contributed by atoms with Gasteiger partial charge in [0.15, 0.2) is 0 Å². The first kappa shape index (κ1) is 34.6. The molecule has 1 aromatic rings. The lowest BCUT2D eigenvalue weighted by Gasteiger charge is -2.39. The number of para-hydroxylation sites is 1. The van der Waals surface area contributed by atoms with Crippen molar-refractivity contribution in [2.75, 3.05) is 18.6 Å². The van der Waals surface area contributed by atoms with Crippen LogP contribution in [0.15, 0.2) is 24.3 Å². The number of carbonyl (C=O) groups is 3. The van der Waals surface area contributed by atoms with Crippen molar-refractivity contribution in [2.45, 2.75) is 111 Å². The van der Waals surface area contributed by atoms with Gasteiger partial charge in [0.1, 0.15) is 23.4 Å². The second kappa shape index (κ2) is 17.3. The number of amides is 3. The van der Waals surface area contributed by atoms with Crippen molar-refractivity contribution in [3.8, 4) is 5.75 Å². The fraction of sp³-hybridized carbons (Fsp3) is 0.700. The standard InChI is InChI=1S/C30H51N3O5S/c1-9-10-13-19-31-27(35)26(23-14-11-12-15-25(23)34)33(22(4)17-16-21(2)3)28(36)24(18-20-39-8)32-29(37)38-30(5,6)7/h11-12,14-15,21-22,24,26,34H,9-10,13,16-20H2,1-8H3,(H,31,35)(H,32,37). The number of phenolic OH excluding ortho intramolecular Hbond substituents is 1. The molecule has 0 heterocycles. The molecule has 0 aliphatic heterocycles. The summed E-state index contributed by atoms with van der Waals surface area (Å²) in [4.78, 5) is 42.4. The first-order valence-corrected chi connectivity index (χ1v) is 15.6. The van der Waals surface area contributed by atoms with Gasteiger partial charge in [-0.05, 0) is 77.4 Å². The third kappa shape index (κ3) is 12.5. The highest BCUT2D eigenvalue weighted by atomic mass is 32.2. The van der Waals surface area contributed by atoms with E-state index in [9.17, 15) is 19.5 Å². The zero-order chi connectivity index (χ0) is 29.6. The first-order chi connectivity index (χ1) is 18.3. The minimum atomic E-state index is -1.06. The minimum Gasteiger partial charge on any atom is -0.508 e. The summed E-state index contributed by atoms with van der Waals surface area (Å²) >= 11 is 1.57. The molecule has 8 nitrogen and oxygen atoms in total. The number of carbonyl (C=O) groups excluding carboxylic acids is 3. The van der Waals surface area contributed by atoms with Gasteiger partial charge in [-0.15, -0.1) is 0 Å². The van der Waals surface area contributed by atoms with E-state index in [0.29, 0.717) is 36.6 Å². The average molecular weight is 566 g/mol. The van der Waals surface area contributed by atoms with E-state index in [-0.39, 0.29) is 23.6 Å². The molecule has 3 amide bonds. The Bertz CT molecular complexity index is 903. The quantitative estimate of drug-likeness (QED) is 0.211. The zero-order valence-electron chi connectivity index (χ0n) is 25.2. The normalized spacial score (nSPS) is 13.9. The van der Waals surface area contributed by atoms with Gasteiger partial charge in [0.25, 0.3) is 0 Å². The lowest BCUT2D eigenvalue weighted by molar-refractivity contribution is -0.145. The number of unbranched alkanes of at least 4 members (excludes halogenated alkanes) is 2. The maximum absolute atomic E-state index is 14.3. The van der Waals surface area contributed by atoms with Crippen molar-refractivity contribution in [3.05, 3.63) is 29.8 Å². The van der Waals surface area contributed by atoms with Gasteiger partial charge in [-0.3, -0.25) is 9.59 Å². The summed E-state index contributed by atoms with van der Waals surface area (Å²) in [6.07, 6.45) is 5.96. The lowest BCUT2D eigenvalue weighted by Crippen LogP contribution is -2.55. The number of phenols is 1. The Labute approximate surface area is 240 Å². The summed E-state index contributed by atoms with van der Waals surface area (Å²) in [5.74, 6) is 0.260. The fourth-order valence-corrected chi connectivity index (χ4v) is 4.73. The van der Waals surface area contributed by atoms with Crippen LogP contribution in [0.4, 0.5) is 4.79 Å². The SMILES string of the molecule is CCCCCNC(=O)C(c1ccccc1O)N(C(=O)C(CCSC)NC(=O)OC(C)(C)C)C(C)CCC(C)C. The van der Waals surface area contributed by atoms with Crippen LogP contribution in [0.5, 0.6) is 5.75 Å². The predicted molar refractivity (Wildman–Crippen MR) is 160 cm³/mol. The minimum absolute atomic E-state index is 0.0548. The van der Waals surface area contributed by atoms with Crippen molar-refractivity contribution in [1.29, 1.82) is 0 Å². The van der Waals surface area contributed by atoms with Crippen LogP contribution < -0.4 is 10.6 Å². The van der Waals surface area contributed by atoms with E-state index in [1.165, 1.54) is 6.07 Å². The molecule has 0 spiro atoms. The highest BCUT2D eigenvalue weighted by Crippen LogP contribution is 2.33. The molecule has 0 bridgehead atoms. The van der Waals surface area contributed by atoms with E-state index in [1.807, 2.05) is 13.2 Å². The van der Waals surface area contributed by atoms with E-state index in [4.69, 9.17) is 4.74 Å². The molecular weight excluding hydrogens is 514 g/mol. The largest absolute Gasteiger partial charge is 0.508 e. The number of hydrogen-bond donors (Lipinski definition) is 3. The third-order valence-corrected chi connectivity index (χ3v) is 6.97. The van der Waals surface area contributed by atoms with Crippen LogP contribution in [0.1, 0.15) is 98.6 Å². The maximum atomic E-state index is 14.3. The molecule has 222 valence electrons. The monoisotopic (exact) mass is 565 g/mol.